The van der Waals surface area contributed by atoms with Crippen molar-refractivity contribution in [3.05, 3.63) is 24.3 Å². The maximum absolute atomic E-state index is 11.9. The monoisotopic (exact) mass is 244 g/mol. The number of hydrogen-bond donors (Lipinski definition) is 3. The molecule has 0 heterocycles. The van der Waals surface area contributed by atoms with E-state index in [1.807, 2.05) is 0 Å². The molecule has 1 rings (SSSR count). The third-order valence-corrected chi connectivity index (χ3v) is 3.67. The summed E-state index contributed by atoms with van der Waals surface area (Å²) in [6.07, 6.45) is 0. The van der Waals surface area contributed by atoms with Crippen LogP contribution in [0.4, 0.5) is 5.69 Å². The van der Waals surface area contributed by atoms with Gasteiger partial charge < -0.3 is 10.8 Å². The van der Waals surface area contributed by atoms with E-state index in [9.17, 15) is 8.42 Å². The van der Waals surface area contributed by atoms with Gasteiger partial charge in [-0.25, -0.2) is 13.1 Å². The van der Waals surface area contributed by atoms with Crippen LogP contribution in [-0.4, -0.2) is 25.7 Å². The van der Waals surface area contributed by atoms with Gasteiger partial charge in [0.25, 0.3) is 0 Å². The van der Waals surface area contributed by atoms with Crippen molar-refractivity contribution in [3.63, 3.8) is 0 Å². The zero-order valence-electron chi connectivity index (χ0n) is 9.27. The second-order valence-electron chi connectivity index (χ2n) is 4.22. The van der Waals surface area contributed by atoms with Crippen molar-refractivity contribution in [2.24, 2.45) is 0 Å². The molecule has 0 aliphatic heterocycles. The van der Waals surface area contributed by atoms with Crippen molar-refractivity contribution in [1.29, 1.82) is 0 Å². The van der Waals surface area contributed by atoms with Crippen LogP contribution in [-0.2, 0) is 10.0 Å². The molecule has 0 saturated heterocycles. The molecule has 0 unspecified atom stereocenters. The molecule has 90 valence electrons. The van der Waals surface area contributed by atoms with E-state index in [0.717, 1.165) is 0 Å². The molecule has 0 atom stereocenters. The van der Waals surface area contributed by atoms with E-state index in [2.05, 4.69) is 4.72 Å². The maximum Gasteiger partial charge on any atom is 0.241 e. The quantitative estimate of drug-likeness (QED) is 0.665. The Morgan fingerprint density at radius 2 is 2.06 bits per heavy atom. The van der Waals surface area contributed by atoms with Crippen molar-refractivity contribution in [3.8, 4) is 0 Å². The van der Waals surface area contributed by atoms with Crippen LogP contribution in [0.3, 0.4) is 0 Å². The van der Waals surface area contributed by atoms with Crippen molar-refractivity contribution < 1.29 is 13.5 Å². The average molecular weight is 244 g/mol. The van der Waals surface area contributed by atoms with Gasteiger partial charge in [0.2, 0.25) is 10.0 Å². The molecule has 16 heavy (non-hydrogen) atoms. The number of nitrogen functional groups attached to an aromatic ring is 1. The van der Waals surface area contributed by atoms with E-state index in [1.54, 1.807) is 26.0 Å². The molecule has 1 aromatic carbocycles. The first-order valence-electron chi connectivity index (χ1n) is 4.77. The Morgan fingerprint density at radius 3 is 2.56 bits per heavy atom. The minimum absolute atomic E-state index is 0.0917. The predicted molar refractivity (Wildman–Crippen MR) is 62.3 cm³/mol. The Balaban J connectivity index is 3.04. The van der Waals surface area contributed by atoms with Crippen LogP contribution >= 0.6 is 0 Å². The van der Waals surface area contributed by atoms with E-state index in [4.69, 9.17) is 10.8 Å². The summed E-state index contributed by atoms with van der Waals surface area (Å²) in [6, 6.07) is 5.99. The summed E-state index contributed by atoms with van der Waals surface area (Å²) >= 11 is 0. The van der Waals surface area contributed by atoms with Gasteiger partial charge in [0.15, 0.2) is 0 Å². The number of aliphatic hydroxyl groups is 1. The topological polar surface area (TPSA) is 92.4 Å². The molecule has 1 aromatic rings. The highest BCUT2D eigenvalue weighted by atomic mass is 32.2. The minimum Gasteiger partial charge on any atom is -0.399 e. The normalized spacial score (nSPS) is 12.7. The van der Waals surface area contributed by atoms with Crippen LogP contribution in [0.25, 0.3) is 0 Å². The Hall–Kier alpha value is -1.11. The SMILES string of the molecule is CC(C)(CO)NS(=O)(=O)c1cccc(N)c1. The lowest BCUT2D eigenvalue weighted by Crippen LogP contribution is -2.46. The summed E-state index contributed by atoms with van der Waals surface area (Å²) in [5.74, 6) is 0. The van der Waals surface area contributed by atoms with Gasteiger partial charge >= 0.3 is 0 Å². The zero-order valence-corrected chi connectivity index (χ0v) is 10.1. The lowest BCUT2D eigenvalue weighted by atomic mass is 10.1. The summed E-state index contributed by atoms with van der Waals surface area (Å²) < 4.78 is 26.2. The molecular formula is C10H16N2O3S. The second kappa shape index (κ2) is 4.40. The minimum atomic E-state index is -3.64. The number of nitrogens with one attached hydrogen (secondary N) is 1. The van der Waals surface area contributed by atoms with Crippen LogP contribution in [0, 0.1) is 0 Å². The molecule has 0 bridgehead atoms. The lowest BCUT2D eigenvalue weighted by molar-refractivity contribution is 0.208. The molecule has 0 radical (unpaired) electrons. The summed E-state index contributed by atoms with van der Waals surface area (Å²) in [6.45, 7) is 2.90. The third kappa shape index (κ3) is 3.19. The van der Waals surface area contributed by atoms with Crippen molar-refractivity contribution >= 4 is 15.7 Å². The number of anilines is 1. The fraction of sp³-hybridized carbons (Fsp3) is 0.400. The van der Waals surface area contributed by atoms with Gasteiger partial charge in [0, 0.05) is 5.69 Å². The smallest absolute Gasteiger partial charge is 0.241 e. The zero-order chi connectivity index (χ0) is 12.4. The molecule has 5 nitrogen and oxygen atoms in total. The molecule has 0 aliphatic rings. The Labute approximate surface area is 95.3 Å². The molecule has 0 saturated carbocycles. The molecule has 6 heteroatoms. The van der Waals surface area contributed by atoms with Crippen LogP contribution in [0.1, 0.15) is 13.8 Å². The number of nitrogens with two attached hydrogens (primary N) is 1. The number of sulfonamides is 1. The Morgan fingerprint density at radius 1 is 1.44 bits per heavy atom. The van der Waals surface area contributed by atoms with Gasteiger partial charge in [0.05, 0.1) is 17.0 Å². The van der Waals surface area contributed by atoms with E-state index >= 15 is 0 Å². The van der Waals surface area contributed by atoms with Crippen molar-refractivity contribution in [2.75, 3.05) is 12.3 Å². The molecule has 0 amide bonds. The lowest BCUT2D eigenvalue weighted by Gasteiger charge is -2.23. The number of benzene rings is 1. The highest BCUT2D eigenvalue weighted by Crippen LogP contribution is 2.15. The van der Waals surface area contributed by atoms with Crippen molar-refractivity contribution in [2.45, 2.75) is 24.3 Å². The van der Waals surface area contributed by atoms with Crippen molar-refractivity contribution in [1.82, 2.24) is 4.72 Å². The van der Waals surface area contributed by atoms with Crippen LogP contribution in [0.2, 0.25) is 0 Å². The predicted octanol–water partition coefficient (Wildman–Crippen LogP) is 0.318. The molecule has 4 N–H and O–H groups in total. The van der Waals surface area contributed by atoms with Crippen LogP contribution in [0.15, 0.2) is 29.2 Å². The highest BCUT2D eigenvalue weighted by molar-refractivity contribution is 7.89. The fourth-order valence-electron chi connectivity index (χ4n) is 1.14. The summed E-state index contributed by atoms with van der Waals surface area (Å²) in [5.41, 5.74) is 4.99. The van der Waals surface area contributed by atoms with E-state index in [1.165, 1.54) is 12.1 Å². The average Bonchev–Trinajstić information content (AvgIpc) is 2.16. The molecule has 0 fully saturated rings. The Kier molecular flexibility index (Phi) is 3.57. The summed E-state index contributed by atoms with van der Waals surface area (Å²) in [7, 11) is -3.64. The van der Waals surface area contributed by atoms with E-state index < -0.39 is 15.6 Å². The molecular weight excluding hydrogens is 228 g/mol. The second-order valence-corrected chi connectivity index (χ2v) is 5.90. The summed E-state index contributed by atoms with van der Waals surface area (Å²) in [5, 5.41) is 9.01. The largest absolute Gasteiger partial charge is 0.399 e. The van der Waals surface area contributed by atoms with Crippen LogP contribution < -0.4 is 10.5 Å². The molecule has 0 aromatic heterocycles. The third-order valence-electron chi connectivity index (χ3n) is 1.97. The molecule has 0 spiro atoms. The number of rotatable bonds is 4. The molecule has 0 aliphatic carbocycles. The van der Waals surface area contributed by atoms with Gasteiger partial charge in [-0.3, -0.25) is 0 Å². The van der Waals surface area contributed by atoms with Gasteiger partial charge in [-0.1, -0.05) is 6.07 Å². The van der Waals surface area contributed by atoms with E-state index in [0.29, 0.717) is 5.69 Å². The fourth-order valence-corrected chi connectivity index (χ4v) is 2.60. The highest BCUT2D eigenvalue weighted by Gasteiger charge is 2.25. The first-order chi connectivity index (χ1) is 7.27. The summed E-state index contributed by atoms with van der Waals surface area (Å²) in [4.78, 5) is 0.0917. The van der Waals surface area contributed by atoms with Crippen LogP contribution in [0.5, 0.6) is 0 Å². The first-order valence-corrected chi connectivity index (χ1v) is 6.25. The van der Waals surface area contributed by atoms with E-state index in [-0.39, 0.29) is 11.5 Å². The number of aliphatic hydroxyl groups excluding tert-OH is 1. The van der Waals surface area contributed by atoms with Gasteiger partial charge in [-0.05, 0) is 32.0 Å². The first kappa shape index (κ1) is 13.0. The number of hydrogen-bond acceptors (Lipinski definition) is 4. The Bertz CT molecular complexity index is 469. The standard InChI is InChI=1S/C10H16N2O3S/c1-10(2,7-13)12-16(14,15)9-5-3-4-8(11)6-9/h3-6,12-13H,7,11H2,1-2H3. The van der Waals surface area contributed by atoms with Gasteiger partial charge in [-0.15, -0.1) is 0 Å². The van der Waals surface area contributed by atoms with Gasteiger partial charge in [-0.2, -0.15) is 0 Å². The van der Waals surface area contributed by atoms with Gasteiger partial charge in [0.1, 0.15) is 0 Å². The maximum atomic E-state index is 11.9.